The van der Waals surface area contributed by atoms with Crippen molar-refractivity contribution in [3.05, 3.63) is 23.5 Å². The average Bonchev–Trinajstić information content (AvgIpc) is 3.26. The van der Waals surface area contributed by atoms with Crippen LogP contribution in [0.3, 0.4) is 0 Å². The molecule has 1 heterocycles. The molecule has 2 N–H and O–H groups in total. The fourth-order valence-electron chi connectivity index (χ4n) is 1.72. The fourth-order valence-corrected chi connectivity index (χ4v) is 1.72. The van der Waals surface area contributed by atoms with Crippen molar-refractivity contribution in [2.45, 2.75) is 32.4 Å². The van der Waals surface area contributed by atoms with Crippen LogP contribution in [0.4, 0.5) is 0 Å². The van der Waals surface area contributed by atoms with E-state index in [0.29, 0.717) is 18.3 Å². The monoisotopic (exact) mass is 274 g/mol. The fraction of sp³-hybridized carbons (Fsp3) is 0.500. The summed E-state index contributed by atoms with van der Waals surface area (Å²) in [4.78, 5) is 15.8. The molecule has 6 nitrogen and oxygen atoms in total. The summed E-state index contributed by atoms with van der Waals surface area (Å²) in [7, 11) is 0. The van der Waals surface area contributed by atoms with Crippen LogP contribution in [-0.4, -0.2) is 30.1 Å². The van der Waals surface area contributed by atoms with Gasteiger partial charge in [0.2, 0.25) is 0 Å². The number of aromatic nitrogens is 1. The van der Waals surface area contributed by atoms with Gasteiger partial charge >= 0.3 is 0 Å². The Morgan fingerprint density at radius 1 is 1.55 bits per heavy atom. The molecule has 0 spiro atoms. The number of ether oxygens (including phenoxy) is 1. The molecule has 0 unspecified atom stereocenters. The van der Waals surface area contributed by atoms with E-state index in [-0.39, 0.29) is 19.1 Å². The van der Waals surface area contributed by atoms with Crippen molar-refractivity contribution >= 4 is 5.91 Å². The van der Waals surface area contributed by atoms with Gasteiger partial charge in [0.1, 0.15) is 12.3 Å². The molecular formula is C14H18N4O2. The van der Waals surface area contributed by atoms with Crippen LogP contribution in [0.5, 0.6) is 5.75 Å². The van der Waals surface area contributed by atoms with Crippen LogP contribution in [-0.2, 0) is 11.3 Å². The molecule has 106 valence electrons. The molecule has 20 heavy (non-hydrogen) atoms. The highest BCUT2D eigenvalue weighted by atomic mass is 16.5. The summed E-state index contributed by atoms with van der Waals surface area (Å²) in [5, 5.41) is 14.2. The third-order valence-corrected chi connectivity index (χ3v) is 2.93. The summed E-state index contributed by atoms with van der Waals surface area (Å²) in [5.74, 6) is 0.295. The SMILES string of the molecule is Cc1ccc(OCC(=O)NCC#N)c(CNC2CC2)n1. The molecular weight excluding hydrogens is 256 g/mol. The van der Waals surface area contributed by atoms with Gasteiger partial charge in [0.05, 0.1) is 11.8 Å². The maximum Gasteiger partial charge on any atom is 0.258 e. The van der Waals surface area contributed by atoms with Gasteiger partial charge in [-0.1, -0.05) is 0 Å². The zero-order chi connectivity index (χ0) is 14.4. The van der Waals surface area contributed by atoms with E-state index in [0.717, 1.165) is 11.4 Å². The highest BCUT2D eigenvalue weighted by Crippen LogP contribution is 2.22. The number of nitrogens with one attached hydrogen (secondary N) is 2. The molecule has 0 bridgehead atoms. The molecule has 1 aliphatic carbocycles. The number of amides is 1. The van der Waals surface area contributed by atoms with Gasteiger partial charge in [0.25, 0.3) is 5.91 Å². The van der Waals surface area contributed by atoms with E-state index in [1.807, 2.05) is 25.1 Å². The van der Waals surface area contributed by atoms with Crippen molar-refractivity contribution < 1.29 is 9.53 Å². The molecule has 0 aliphatic heterocycles. The largest absolute Gasteiger partial charge is 0.482 e. The predicted octanol–water partition coefficient (Wildman–Crippen LogP) is 0.661. The molecule has 0 aromatic carbocycles. The first-order valence-corrected chi connectivity index (χ1v) is 6.65. The van der Waals surface area contributed by atoms with Crippen molar-refractivity contribution in [3.8, 4) is 11.8 Å². The van der Waals surface area contributed by atoms with Crippen molar-refractivity contribution in [1.82, 2.24) is 15.6 Å². The molecule has 0 atom stereocenters. The molecule has 1 saturated carbocycles. The average molecular weight is 274 g/mol. The second-order valence-corrected chi connectivity index (χ2v) is 4.78. The van der Waals surface area contributed by atoms with Gasteiger partial charge in [-0.05, 0) is 31.9 Å². The molecule has 1 fully saturated rings. The Bertz CT molecular complexity index is 520. The van der Waals surface area contributed by atoms with Gasteiger partial charge in [-0.15, -0.1) is 0 Å². The van der Waals surface area contributed by atoms with Crippen LogP contribution in [0.2, 0.25) is 0 Å². The summed E-state index contributed by atoms with van der Waals surface area (Å²) in [6, 6.07) is 6.11. The number of hydrogen-bond acceptors (Lipinski definition) is 5. The zero-order valence-corrected chi connectivity index (χ0v) is 11.5. The normalized spacial score (nSPS) is 13.6. The number of hydrogen-bond donors (Lipinski definition) is 2. The quantitative estimate of drug-likeness (QED) is 0.713. The predicted molar refractivity (Wildman–Crippen MR) is 73.0 cm³/mol. The van der Waals surface area contributed by atoms with Crippen LogP contribution in [0.25, 0.3) is 0 Å². The lowest BCUT2D eigenvalue weighted by molar-refractivity contribution is -0.122. The molecule has 1 aromatic rings. The molecule has 0 saturated heterocycles. The molecule has 0 radical (unpaired) electrons. The first-order chi connectivity index (χ1) is 9.69. The first-order valence-electron chi connectivity index (χ1n) is 6.65. The molecule has 1 aliphatic rings. The van der Waals surface area contributed by atoms with Crippen molar-refractivity contribution in [2.75, 3.05) is 13.2 Å². The number of rotatable bonds is 7. The van der Waals surface area contributed by atoms with Crippen molar-refractivity contribution in [2.24, 2.45) is 0 Å². The summed E-state index contributed by atoms with van der Waals surface area (Å²) < 4.78 is 5.48. The minimum absolute atomic E-state index is 0.00949. The Kier molecular flexibility index (Phi) is 4.91. The van der Waals surface area contributed by atoms with E-state index in [1.165, 1.54) is 12.8 Å². The second kappa shape index (κ2) is 6.87. The van der Waals surface area contributed by atoms with Gasteiger partial charge in [-0.2, -0.15) is 5.26 Å². The lowest BCUT2D eigenvalue weighted by atomic mass is 10.3. The lowest BCUT2D eigenvalue weighted by Crippen LogP contribution is -2.29. The number of carbonyl (C=O) groups excluding carboxylic acids is 1. The lowest BCUT2D eigenvalue weighted by Gasteiger charge is -2.11. The molecule has 6 heteroatoms. The second-order valence-electron chi connectivity index (χ2n) is 4.78. The van der Waals surface area contributed by atoms with Crippen molar-refractivity contribution in [3.63, 3.8) is 0 Å². The van der Waals surface area contributed by atoms with E-state index in [2.05, 4.69) is 15.6 Å². The van der Waals surface area contributed by atoms with E-state index < -0.39 is 0 Å². The highest BCUT2D eigenvalue weighted by Gasteiger charge is 2.21. The summed E-state index contributed by atoms with van der Waals surface area (Å²) in [5.41, 5.74) is 1.73. The Hall–Kier alpha value is -2.13. The number of carbonyl (C=O) groups is 1. The van der Waals surface area contributed by atoms with Gasteiger partial charge in [0.15, 0.2) is 6.61 Å². The van der Waals surface area contributed by atoms with E-state index in [4.69, 9.17) is 10.00 Å². The molecule has 1 amide bonds. The van der Waals surface area contributed by atoms with Gasteiger partial charge < -0.3 is 15.4 Å². The van der Waals surface area contributed by atoms with Crippen molar-refractivity contribution in [1.29, 1.82) is 5.26 Å². The third-order valence-electron chi connectivity index (χ3n) is 2.93. The van der Waals surface area contributed by atoms with Crippen LogP contribution in [0.1, 0.15) is 24.2 Å². The van der Waals surface area contributed by atoms with Crippen LogP contribution in [0.15, 0.2) is 12.1 Å². The van der Waals surface area contributed by atoms with Crippen LogP contribution >= 0.6 is 0 Å². The first kappa shape index (κ1) is 14.3. The summed E-state index contributed by atoms with van der Waals surface area (Å²) >= 11 is 0. The number of nitrogens with zero attached hydrogens (tertiary/aromatic N) is 2. The smallest absolute Gasteiger partial charge is 0.258 e. The van der Waals surface area contributed by atoms with Crippen LogP contribution in [0, 0.1) is 18.3 Å². The summed E-state index contributed by atoms with van der Waals surface area (Å²) in [6.07, 6.45) is 2.41. The standard InChI is InChI=1S/C14H18N4O2/c1-10-2-5-13(20-9-14(19)16-7-6-15)12(18-10)8-17-11-3-4-11/h2,5,11,17H,3-4,7-9H2,1H3,(H,16,19). The Morgan fingerprint density at radius 3 is 3.05 bits per heavy atom. The Balaban J connectivity index is 1.91. The summed E-state index contributed by atoms with van der Waals surface area (Å²) in [6.45, 7) is 2.44. The number of aryl methyl sites for hydroxylation is 1. The number of nitriles is 1. The molecule has 2 rings (SSSR count). The van der Waals surface area contributed by atoms with E-state index >= 15 is 0 Å². The van der Waals surface area contributed by atoms with Gasteiger partial charge in [-0.3, -0.25) is 9.78 Å². The minimum Gasteiger partial charge on any atom is -0.482 e. The Labute approximate surface area is 118 Å². The van der Waals surface area contributed by atoms with Crippen LogP contribution < -0.4 is 15.4 Å². The third kappa shape index (κ3) is 4.52. The Morgan fingerprint density at radius 2 is 2.35 bits per heavy atom. The minimum atomic E-state index is -0.312. The topological polar surface area (TPSA) is 87.0 Å². The van der Waals surface area contributed by atoms with Gasteiger partial charge in [0, 0.05) is 18.3 Å². The maximum absolute atomic E-state index is 11.4. The number of pyridine rings is 1. The maximum atomic E-state index is 11.4. The zero-order valence-electron chi connectivity index (χ0n) is 11.5. The molecule has 1 aromatic heterocycles. The highest BCUT2D eigenvalue weighted by molar-refractivity contribution is 5.77. The van der Waals surface area contributed by atoms with E-state index in [9.17, 15) is 4.79 Å². The van der Waals surface area contributed by atoms with Gasteiger partial charge in [-0.25, -0.2) is 0 Å². The van der Waals surface area contributed by atoms with E-state index in [1.54, 1.807) is 0 Å².